The van der Waals surface area contributed by atoms with Gasteiger partial charge in [-0.05, 0) is 31.6 Å². The van der Waals surface area contributed by atoms with E-state index in [1.54, 1.807) is 12.4 Å². The number of carboxylic acid groups (broad SMARTS) is 1. The predicted molar refractivity (Wildman–Crippen MR) is 82.7 cm³/mol. The summed E-state index contributed by atoms with van der Waals surface area (Å²) >= 11 is 0. The molecule has 5 nitrogen and oxygen atoms in total. The Kier molecular flexibility index (Phi) is 4.33. The van der Waals surface area contributed by atoms with Crippen LogP contribution in [0.5, 0.6) is 0 Å². The summed E-state index contributed by atoms with van der Waals surface area (Å²) in [7, 11) is 1.90. The molecule has 0 aliphatic carbocycles. The molecule has 5 heteroatoms. The van der Waals surface area contributed by atoms with Crippen LogP contribution < -0.4 is 4.90 Å². The van der Waals surface area contributed by atoms with Crippen LogP contribution in [0.15, 0.2) is 36.7 Å². The molecule has 0 unspecified atom stereocenters. The van der Waals surface area contributed by atoms with Crippen molar-refractivity contribution >= 4 is 23.7 Å². The SMILES string of the molecule is Cc1ccc(N(C)c2ncc(/C=C/C(=O)O)cn2)c(C)c1. The van der Waals surface area contributed by atoms with Crippen LogP contribution in [0.1, 0.15) is 16.7 Å². The van der Waals surface area contributed by atoms with E-state index in [0.29, 0.717) is 11.5 Å². The van der Waals surface area contributed by atoms with Crippen molar-refractivity contribution in [1.29, 1.82) is 0 Å². The van der Waals surface area contributed by atoms with Crippen molar-refractivity contribution in [2.45, 2.75) is 13.8 Å². The standard InChI is InChI=1S/C16H17N3O2/c1-11-4-6-14(12(2)8-11)19(3)16-17-9-13(10-18-16)5-7-15(20)21/h4-10H,1-3H3,(H,20,21)/b7-5+. The quantitative estimate of drug-likeness (QED) is 0.874. The maximum Gasteiger partial charge on any atom is 0.328 e. The molecule has 0 saturated carbocycles. The number of aromatic nitrogens is 2. The molecule has 0 saturated heterocycles. The Bertz CT molecular complexity index is 678. The van der Waals surface area contributed by atoms with Gasteiger partial charge in [0.05, 0.1) is 0 Å². The summed E-state index contributed by atoms with van der Waals surface area (Å²) in [6.07, 6.45) is 5.72. The van der Waals surface area contributed by atoms with Crippen LogP contribution in [0.3, 0.4) is 0 Å². The second kappa shape index (κ2) is 6.17. The smallest absolute Gasteiger partial charge is 0.328 e. The number of hydrogen-bond acceptors (Lipinski definition) is 4. The fraction of sp³-hybridized carbons (Fsp3) is 0.188. The van der Waals surface area contributed by atoms with Crippen molar-refractivity contribution in [3.8, 4) is 0 Å². The van der Waals surface area contributed by atoms with E-state index in [9.17, 15) is 4.79 Å². The first kappa shape index (κ1) is 14.7. The summed E-state index contributed by atoms with van der Waals surface area (Å²) in [4.78, 5) is 20.9. The van der Waals surface area contributed by atoms with Gasteiger partial charge in [0.2, 0.25) is 5.95 Å². The van der Waals surface area contributed by atoms with E-state index < -0.39 is 5.97 Å². The molecule has 1 aromatic heterocycles. The van der Waals surface area contributed by atoms with Crippen LogP contribution >= 0.6 is 0 Å². The van der Waals surface area contributed by atoms with Gasteiger partial charge in [0.25, 0.3) is 0 Å². The zero-order chi connectivity index (χ0) is 15.4. The van der Waals surface area contributed by atoms with E-state index in [1.807, 2.05) is 31.0 Å². The number of hydrogen-bond donors (Lipinski definition) is 1. The number of aliphatic carboxylic acids is 1. The Morgan fingerprint density at radius 1 is 1.24 bits per heavy atom. The molecular formula is C16H17N3O2. The van der Waals surface area contributed by atoms with Crippen molar-refractivity contribution in [2.75, 3.05) is 11.9 Å². The van der Waals surface area contributed by atoms with Gasteiger partial charge in [-0.3, -0.25) is 0 Å². The van der Waals surface area contributed by atoms with Gasteiger partial charge in [0, 0.05) is 36.8 Å². The fourth-order valence-electron chi connectivity index (χ4n) is 2.05. The fourth-order valence-corrected chi connectivity index (χ4v) is 2.05. The Labute approximate surface area is 123 Å². The van der Waals surface area contributed by atoms with E-state index in [4.69, 9.17) is 5.11 Å². The van der Waals surface area contributed by atoms with Crippen LogP contribution in [0, 0.1) is 13.8 Å². The van der Waals surface area contributed by atoms with Gasteiger partial charge in [-0.1, -0.05) is 17.7 Å². The maximum absolute atomic E-state index is 10.5. The van der Waals surface area contributed by atoms with Crippen LogP contribution in [0.2, 0.25) is 0 Å². The average Bonchev–Trinajstić information content (AvgIpc) is 2.45. The second-order valence-electron chi connectivity index (χ2n) is 4.84. The van der Waals surface area contributed by atoms with Crippen LogP contribution in [0.4, 0.5) is 11.6 Å². The third-order valence-electron chi connectivity index (χ3n) is 3.09. The Balaban J connectivity index is 2.23. The first-order chi connectivity index (χ1) is 9.97. The lowest BCUT2D eigenvalue weighted by Gasteiger charge is -2.19. The number of aryl methyl sites for hydroxylation is 2. The summed E-state index contributed by atoms with van der Waals surface area (Å²) in [5.41, 5.74) is 4.04. The lowest BCUT2D eigenvalue weighted by molar-refractivity contribution is -0.131. The van der Waals surface area contributed by atoms with Crippen molar-refractivity contribution in [3.63, 3.8) is 0 Å². The highest BCUT2D eigenvalue weighted by atomic mass is 16.4. The molecule has 21 heavy (non-hydrogen) atoms. The number of benzene rings is 1. The summed E-state index contributed by atoms with van der Waals surface area (Å²) in [5, 5.41) is 8.58. The molecule has 0 amide bonds. The van der Waals surface area contributed by atoms with Crippen molar-refractivity contribution in [3.05, 3.63) is 53.4 Å². The van der Waals surface area contributed by atoms with E-state index in [-0.39, 0.29) is 0 Å². The molecule has 1 N–H and O–H groups in total. The first-order valence-electron chi connectivity index (χ1n) is 6.51. The molecule has 1 heterocycles. The minimum absolute atomic E-state index is 0.564. The van der Waals surface area contributed by atoms with Crippen LogP contribution in [0.25, 0.3) is 6.08 Å². The molecule has 0 aliphatic rings. The Morgan fingerprint density at radius 3 is 2.48 bits per heavy atom. The molecule has 0 bridgehead atoms. The van der Waals surface area contributed by atoms with E-state index in [0.717, 1.165) is 17.3 Å². The van der Waals surface area contributed by atoms with E-state index in [1.165, 1.54) is 11.6 Å². The highest BCUT2D eigenvalue weighted by molar-refractivity contribution is 5.85. The van der Waals surface area contributed by atoms with E-state index in [2.05, 4.69) is 23.0 Å². The minimum Gasteiger partial charge on any atom is -0.478 e. The monoisotopic (exact) mass is 283 g/mol. The average molecular weight is 283 g/mol. The minimum atomic E-state index is -0.994. The molecule has 0 radical (unpaired) electrons. The number of carbonyl (C=O) groups is 1. The molecule has 108 valence electrons. The summed E-state index contributed by atoms with van der Waals surface area (Å²) in [6, 6.07) is 6.19. The second-order valence-corrected chi connectivity index (χ2v) is 4.84. The van der Waals surface area contributed by atoms with Gasteiger partial charge in [0.15, 0.2) is 0 Å². The number of carboxylic acids is 1. The Morgan fingerprint density at radius 2 is 1.90 bits per heavy atom. The van der Waals surface area contributed by atoms with Gasteiger partial charge >= 0.3 is 5.97 Å². The molecule has 2 aromatic rings. The Hall–Kier alpha value is -2.69. The van der Waals surface area contributed by atoms with Gasteiger partial charge in [-0.25, -0.2) is 14.8 Å². The normalized spacial score (nSPS) is 10.8. The highest BCUT2D eigenvalue weighted by Crippen LogP contribution is 2.24. The van der Waals surface area contributed by atoms with Crippen molar-refractivity contribution in [2.24, 2.45) is 0 Å². The topological polar surface area (TPSA) is 66.3 Å². The van der Waals surface area contributed by atoms with E-state index >= 15 is 0 Å². The lowest BCUT2D eigenvalue weighted by atomic mass is 10.1. The number of rotatable bonds is 4. The van der Waals surface area contributed by atoms with Crippen molar-refractivity contribution < 1.29 is 9.90 Å². The number of nitrogens with zero attached hydrogens (tertiary/aromatic N) is 3. The summed E-state index contributed by atoms with van der Waals surface area (Å²) in [5.74, 6) is -0.430. The first-order valence-corrected chi connectivity index (χ1v) is 6.51. The van der Waals surface area contributed by atoms with Gasteiger partial charge < -0.3 is 10.0 Å². The number of anilines is 2. The van der Waals surface area contributed by atoms with Gasteiger partial charge in [-0.15, -0.1) is 0 Å². The summed E-state index contributed by atoms with van der Waals surface area (Å²) < 4.78 is 0. The van der Waals surface area contributed by atoms with Crippen LogP contribution in [-0.4, -0.2) is 28.1 Å². The van der Waals surface area contributed by atoms with Gasteiger partial charge in [0.1, 0.15) is 0 Å². The van der Waals surface area contributed by atoms with Gasteiger partial charge in [-0.2, -0.15) is 0 Å². The van der Waals surface area contributed by atoms with Crippen molar-refractivity contribution in [1.82, 2.24) is 9.97 Å². The molecule has 1 aromatic carbocycles. The molecule has 0 atom stereocenters. The zero-order valence-corrected chi connectivity index (χ0v) is 12.2. The molecule has 0 fully saturated rings. The predicted octanol–water partition coefficient (Wildman–Crippen LogP) is 2.96. The zero-order valence-electron chi connectivity index (χ0n) is 12.2. The molecular weight excluding hydrogens is 266 g/mol. The third-order valence-corrected chi connectivity index (χ3v) is 3.09. The maximum atomic E-state index is 10.5. The molecule has 0 aliphatic heterocycles. The van der Waals surface area contributed by atoms with Crippen LogP contribution in [-0.2, 0) is 4.79 Å². The molecule has 0 spiro atoms. The lowest BCUT2D eigenvalue weighted by Crippen LogP contribution is -2.14. The third kappa shape index (κ3) is 3.66. The largest absolute Gasteiger partial charge is 0.478 e. The highest BCUT2D eigenvalue weighted by Gasteiger charge is 2.09. The molecule has 2 rings (SSSR count). The summed E-state index contributed by atoms with van der Waals surface area (Å²) in [6.45, 7) is 4.10.